The highest BCUT2D eigenvalue weighted by atomic mass is 19.1. The normalized spacial score (nSPS) is 12.7. The Labute approximate surface area is 90.8 Å². The molecule has 0 fully saturated rings. The van der Waals surface area contributed by atoms with Crippen molar-refractivity contribution in [2.45, 2.75) is 6.04 Å². The van der Waals surface area contributed by atoms with E-state index in [4.69, 9.17) is 10.3 Å². The van der Waals surface area contributed by atoms with Gasteiger partial charge in [0.15, 0.2) is 0 Å². The molecule has 0 saturated heterocycles. The monoisotopic (exact) mass is 224 g/mol. The molecule has 0 aliphatic rings. The average Bonchev–Trinajstić information content (AvgIpc) is 2.77. The summed E-state index contributed by atoms with van der Waals surface area (Å²) in [6, 6.07) is 6.02. The van der Waals surface area contributed by atoms with Crippen LogP contribution in [-0.4, -0.2) is 0 Å². The largest absolute Gasteiger partial charge is 0.467 e. The van der Waals surface area contributed by atoms with Crippen molar-refractivity contribution in [2.75, 3.05) is 0 Å². The first-order chi connectivity index (χ1) is 7.74. The van der Waals surface area contributed by atoms with Gasteiger partial charge in [-0.05, 0) is 24.3 Å². The Morgan fingerprint density at radius 2 is 1.81 bits per heavy atom. The number of hydrogen-bond donors (Lipinski definition) is 2. The Morgan fingerprint density at radius 1 is 1.12 bits per heavy atom. The zero-order valence-electron chi connectivity index (χ0n) is 8.28. The number of nitrogens with one attached hydrogen (secondary N) is 1. The van der Waals surface area contributed by atoms with E-state index < -0.39 is 17.7 Å². The summed E-state index contributed by atoms with van der Waals surface area (Å²) in [5.41, 5.74) is 2.18. The molecule has 3 N–H and O–H groups in total. The van der Waals surface area contributed by atoms with Gasteiger partial charge < -0.3 is 4.42 Å². The van der Waals surface area contributed by atoms with Gasteiger partial charge in [-0.2, -0.15) is 0 Å². The van der Waals surface area contributed by atoms with E-state index in [1.807, 2.05) is 0 Å². The van der Waals surface area contributed by atoms with E-state index in [1.165, 1.54) is 24.5 Å². The highest BCUT2D eigenvalue weighted by Crippen LogP contribution is 2.26. The number of rotatable bonds is 3. The molecule has 1 aromatic heterocycles. The second kappa shape index (κ2) is 4.42. The molecule has 2 aromatic rings. The number of benzene rings is 1. The predicted octanol–water partition coefficient (Wildman–Crippen LogP) is 2.11. The van der Waals surface area contributed by atoms with Crippen LogP contribution >= 0.6 is 0 Å². The average molecular weight is 224 g/mol. The fourth-order valence-electron chi connectivity index (χ4n) is 1.55. The smallest absolute Gasteiger partial charge is 0.131 e. The zero-order chi connectivity index (χ0) is 11.5. The lowest BCUT2D eigenvalue weighted by Crippen LogP contribution is -2.30. The fourth-order valence-corrected chi connectivity index (χ4v) is 1.55. The first kappa shape index (κ1) is 10.8. The quantitative estimate of drug-likeness (QED) is 0.620. The molecule has 0 spiro atoms. The topological polar surface area (TPSA) is 51.2 Å². The third-order valence-corrected chi connectivity index (χ3v) is 2.28. The van der Waals surface area contributed by atoms with Gasteiger partial charge in [0.1, 0.15) is 23.4 Å². The molecule has 84 valence electrons. The molecule has 1 atom stereocenters. The van der Waals surface area contributed by atoms with Crippen molar-refractivity contribution in [1.29, 1.82) is 0 Å². The van der Waals surface area contributed by atoms with Gasteiger partial charge in [-0.15, -0.1) is 0 Å². The summed E-state index contributed by atoms with van der Waals surface area (Å²) in [6.07, 6.45) is 1.42. The van der Waals surface area contributed by atoms with Crippen LogP contribution in [0.25, 0.3) is 0 Å². The van der Waals surface area contributed by atoms with Gasteiger partial charge in [0, 0.05) is 5.56 Å². The first-order valence-electron chi connectivity index (χ1n) is 4.67. The lowest BCUT2D eigenvalue weighted by Gasteiger charge is -2.15. The molecule has 0 aliphatic carbocycles. The third kappa shape index (κ3) is 1.82. The summed E-state index contributed by atoms with van der Waals surface area (Å²) >= 11 is 0. The molecule has 1 aromatic carbocycles. The van der Waals surface area contributed by atoms with Crippen LogP contribution < -0.4 is 11.3 Å². The fraction of sp³-hybridized carbons (Fsp3) is 0.0909. The van der Waals surface area contributed by atoms with Crippen molar-refractivity contribution in [1.82, 2.24) is 5.43 Å². The lowest BCUT2D eigenvalue weighted by atomic mass is 10.0. The maximum Gasteiger partial charge on any atom is 0.131 e. The maximum absolute atomic E-state index is 13.5. The van der Waals surface area contributed by atoms with Crippen LogP contribution in [0.1, 0.15) is 17.4 Å². The van der Waals surface area contributed by atoms with Gasteiger partial charge in [0.05, 0.1) is 6.26 Å². The minimum atomic E-state index is -0.837. The van der Waals surface area contributed by atoms with Crippen molar-refractivity contribution in [3.63, 3.8) is 0 Å². The Kier molecular flexibility index (Phi) is 2.98. The number of hydrogen-bond acceptors (Lipinski definition) is 3. The summed E-state index contributed by atoms with van der Waals surface area (Å²) < 4.78 is 32.1. The van der Waals surface area contributed by atoms with Crippen LogP contribution in [0.4, 0.5) is 8.78 Å². The van der Waals surface area contributed by atoms with Crippen molar-refractivity contribution >= 4 is 0 Å². The van der Waals surface area contributed by atoms with Gasteiger partial charge in [0.25, 0.3) is 0 Å². The van der Waals surface area contributed by atoms with Gasteiger partial charge in [-0.25, -0.2) is 14.2 Å². The second-order valence-electron chi connectivity index (χ2n) is 3.25. The second-order valence-corrected chi connectivity index (χ2v) is 3.25. The summed E-state index contributed by atoms with van der Waals surface area (Å²) in [5, 5.41) is 0. The Balaban J connectivity index is 2.49. The predicted molar refractivity (Wildman–Crippen MR) is 54.2 cm³/mol. The summed E-state index contributed by atoms with van der Waals surface area (Å²) in [4.78, 5) is 0. The highest BCUT2D eigenvalue weighted by Gasteiger charge is 2.22. The Hall–Kier alpha value is -1.72. The standard InChI is InChI=1S/C11H10F2N2O/c12-7-3-1-4-8(13)10(7)11(15-14)9-5-2-6-16-9/h1-6,11,15H,14H2. The van der Waals surface area contributed by atoms with Crippen LogP contribution in [0.2, 0.25) is 0 Å². The molecule has 0 radical (unpaired) electrons. The minimum Gasteiger partial charge on any atom is -0.467 e. The molecule has 2 rings (SSSR count). The van der Waals surface area contributed by atoms with E-state index in [-0.39, 0.29) is 5.56 Å². The molecule has 1 unspecified atom stereocenters. The van der Waals surface area contributed by atoms with Crippen molar-refractivity contribution in [3.8, 4) is 0 Å². The Morgan fingerprint density at radius 3 is 2.31 bits per heavy atom. The maximum atomic E-state index is 13.5. The first-order valence-corrected chi connectivity index (χ1v) is 4.67. The molecule has 3 nitrogen and oxygen atoms in total. The van der Waals surface area contributed by atoms with E-state index >= 15 is 0 Å². The lowest BCUT2D eigenvalue weighted by molar-refractivity contribution is 0.427. The van der Waals surface area contributed by atoms with E-state index in [2.05, 4.69) is 5.43 Å². The molecule has 16 heavy (non-hydrogen) atoms. The summed E-state index contributed by atoms with van der Waals surface area (Å²) in [7, 11) is 0. The van der Waals surface area contributed by atoms with Gasteiger partial charge in [-0.1, -0.05) is 6.07 Å². The van der Waals surface area contributed by atoms with Crippen LogP contribution in [0.3, 0.4) is 0 Å². The summed E-state index contributed by atoms with van der Waals surface area (Å²) in [6.45, 7) is 0. The molecular formula is C11H10F2N2O. The van der Waals surface area contributed by atoms with E-state index in [9.17, 15) is 8.78 Å². The molecule has 0 amide bonds. The van der Waals surface area contributed by atoms with E-state index in [0.717, 1.165) is 0 Å². The number of hydrazine groups is 1. The number of halogens is 2. The van der Waals surface area contributed by atoms with Crippen LogP contribution in [-0.2, 0) is 0 Å². The number of nitrogens with two attached hydrogens (primary N) is 1. The number of furan rings is 1. The zero-order valence-corrected chi connectivity index (χ0v) is 8.28. The Bertz CT molecular complexity index is 451. The SMILES string of the molecule is NNC(c1ccco1)c1c(F)cccc1F. The van der Waals surface area contributed by atoms with Gasteiger partial charge in [0.2, 0.25) is 0 Å². The van der Waals surface area contributed by atoms with Gasteiger partial charge >= 0.3 is 0 Å². The van der Waals surface area contributed by atoms with Gasteiger partial charge in [-0.3, -0.25) is 5.84 Å². The summed E-state index contributed by atoms with van der Waals surface area (Å²) in [5.74, 6) is 4.31. The van der Waals surface area contributed by atoms with Crippen molar-refractivity contribution < 1.29 is 13.2 Å². The van der Waals surface area contributed by atoms with Crippen molar-refractivity contribution in [2.24, 2.45) is 5.84 Å². The molecule has 0 aliphatic heterocycles. The van der Waals surface area contributed by atoms with E-state index in [0.29, 0.717) is 5.76 Å². The van der Waals surface area contributed by atoms with Crippen LogP contribution in [0, 0.1) is 11.6 Å². The molecular weight excluding hydrogens is 214 g/mol. The van der Waals surface area contributed by atoms with E-state index in [1.54, 1.807) is 12.1 Å². The highest BCUT2D eigenvalue weighted by molar-refractivity contribution is 5.29. The van der Waals surface area contributed by atoms with Crippen molar-refractivity contribution in [3.05, 3.63) is 59.6 Å². The molecule has 0 saturated carbocycles. The third-order valence-electron chi connectivity index (χ3n) is 2.28. The minimum absolute atomic E-state index is 0.153. The molecule has 5 heteroatoms. The van der Waals surface area contributed by atoms with Crippen LogP contribution in [0.15, 0.2) is 41.0 Å². The molecule has 0 bridgehead atoms. The molecule has 1 heterocycles. The van der Waals surface area contributed by atoms with Crippen LogP contribution in [0.5, 0.6) is 0 Å².